The summed E-state index contributed by atoms with van der Waals surface area (Å²) in [4.78, 5) is 0. The number of hydrogen-bond acceptors (Lipinski definition) is 2. The molecule has 0 fully saturated rings. The molecule has 1 N–H and O–H groups in total. The Labute approximate surface area is 104 Å². The molecule has 1 aliphatic heterocycles. The van der Waals surface area contributed by atoms with Gasteiger partial charge >= 0.3 is 0 Å². The van der Waals surface area contributed by atoms with Gasteiger partial charge in [0.25, 0.3) is 0 Å². The number of fused-ring (bicyclic) bond motifs is 1. The Morgan fingerprint density at radius 1 is 1.06 bits per heavy atom. The predicted molar refractivity (Wildman–Crippen MR) is 66.4 cm³/mol. The van der Waals surface area contributed by atoms with Gasteiger partial charge in [-0.3, -0.25) is 0 Å². The molecule has 0 aliphatic carbocycles. The third kappa shape index (κ3) is 1.61. The summed E-state index contributed by atoms with van der Waals surface area (Å²) in [6.45, 7) is 0.244. The third-order valence-electron chi connectivity index (χ3n) is 3.09. The van der Waals surface area contributed by atoms with Crippen LogP contribution in [0.1, 0.15) is 11.1 Å². The number of benzene rings is 2. The standard InChI is InChI=1S/C14H11ClO2/c15-11-7-5-10(6-8-11)14(16)9-17-13-4-2-1-3-12(13)14/h1-8,16H,9H2/t14-/m1/s1. The van der Waals surface area contributed by atoms with E-state index >= 15 is 0 Å². The lowest BCUT2D eigenvalue weighted by molar-refractivity contribution is 0.0560. The van der Waals surface area contributed by atoms with E-state index < -0.39 is 5.60 Å². The van der Waals surface area contributed by atoms with Crippen LogP contribution in [-0.4, -0.2) is 11.7 Å². The average Bonchev–Trinajstić information content (AvgIpc) is 2.70. The van der Waals surface area contributed by atoms with Crippen LogP contribution in [-0.2, 0) is 5.60 Å². The van der Waals surface area contributed by atoms with Gasteiger partial charge in [-0.25, -0.2) is 0 Å². The van der Waals surface area contributed by atoms with E-state index in [2.05, 4.69) is 0 Å². The fourth-order valence-corrected chi connectivity index (χ4v) is 2.28. The van der Waals surface area contributed by atoms with Gasteiger partial charge < -0.3 is 9.84 Å². The van der Waals surface area contributed by atoms with Gasteiger partial charge in [0, 0.05) is 10.6 Å². The smallest absolute Gasteiger partial charge is 0.152 e. The normalized spacial score (nSPS) is 22.0. The Morgan fingerprint density at radius 3 is 2.53 bits per heavy atom. The summed E-state index contributed by atoms with van der Waals surface area (Å²) in [7, 11) is 0. The van der Waals surface area contributed by atoms with E-state index in [0.29, 0.717) is 5.02 Å². The lowest BCUT2D eigenvalue weighted by Crippen LogP contribution is -2.28. The Morgan fingerprint density at radius 2 is 1.76 bits per heavy atom. The second-order valence-electron chi connectivity index (χ2n) is 4.15. The van der Waals surface area contributed by atoms with Gasteiger partial charge in [0.15, 0.2) is 5.60 Å². The van der Waals surface area contributed by atoms with Crippen LogP contribution < -0.4 is 4.74 Å². The summed E-state index contributed by atoms with van der Waals surface area (Å²) in [5.41, 5.74) is 0.537. The number of para-hydroxylation sites is 1. The minimum absolute atomic E-state index is 0.244. The van der Waals surface area contributed by atoms with Crippen LogP contribution in [0.4, 0.5) is 0 Å². The molecule has 86 valence electrons. The summed E-state index contributed by atoms with van der Waals surface area (Å²) < 4.78 is 5.52. The summed E-state index contributed by atoms with van der Waals surface area (Å²) in [5.74, 6) is 0.741. The lowest BCUT2D eigenvalue weighted by Gasteiger charge is -2.21. The highest BCUT2D eigenvalue weighted by Gasteiger charge is 2.40. The number of aliphatic hydroxyl groups is 1. The van der Waals surface area contributed by atoms with E-state index in [4.69, 9.17) is 16.3 Å². The quantitative estimate of drug-likeness (QED) is 0.838. The minimum atomic E-state index is -1.07. The molecule has 2 nitrogen and oxygen atoms in total. The van der Waals surface area contributed by atoms with Crippen LogP contribution in [0.3, 0.4) is 0 Å². The second-order valence-corrected chi connectivity index (χ2v) is 4.59. The fraction of sp³-hybridized carbons (Fsp3) is 0.143. The van der Waals surface area contributed by atoms with Crippen molar-refractivity contribution in [3.8, 4) is 5.75 Å². The van der Waals surface area contributed by atoms with Crippen LogP contribution >= 0.6 is 11.6 Å². The van der Waals surface area contributed by atoms with E-state index in [1.54, 1.807) is 12.1 Å². The highest BCUT2D eigenvalue weighted by molar-refractivity contribution is 6.30. The maximum Gasteiger partial charge on any atom is 0.152 e. The molecule has 2 aromatic carbocycles. The summed E-state index contributed by atoms with van der Waals surface area (Å²) >= 11 is 5.85. The van der Waals surface area contributed by atoms with Gasteiger partial charge in [0.2, 0.25) is 0 Å². The lowest BCUT2D eigenvalue weighted by atomic mass is 9.88. The highest BCUT2D eigenvalue weighted by atomic mass is 35.5. The van der Waals surface area contributed by atoms with E-state index in [1.165, 1.54) is 0 Å². The Balaban J connectivity index is 2.12. The molecule has 1 heterocycles. The van der Waals surface area contributed by atoms with Crippen molar-refractivity contribution in [2.24, 2.45) is 0 Å². The van der Waals surface area contributed by atoms with Crippen molar-refractivity contribution < 1.29 is 9.84 Å². The third-order valence-corrected chi connectivity index (χ3v) is 3.34. The van der Waals surface area contributed by atoms with Gasteiger partial charge in [0.1, 0.15) is 12.4 Å². The Hall–Kier alpha value is -1.51. The van der Waals surface area contributed by atoms with Crippen molar-refractivity contribution in [2.45, 2.75) is 5.60 Å². The number of rotatable bonds is 1. The molecule has 0 spiro atoms. The fourth-order valence-electron chi connectivity index (χ4n) is 2.16. The highest BCUT2D eigenvalue weighted by Crippen LogP contribution is 2.41. The SMILES string of the molecule is O[C@@]1(c2ccc(Cl)cc2)COc2ccccc21. The molecule has 17 heavy (non-hydrogen) atoms. The first-order chi connectivity index (χ1) is 8.20. The number of hydrogen-bond donors (Lipinski definition) is 1. The monoisotopic (exact) mass is 246 g/mol. The zero-order chi connectivity index (χ0) is 11.9. The number of ether oxygens (including phenoxy) is 1. The molecule has 0 aromatic heterocycles. The average molecular weight is 247 g/mol. The molecule has 0 radical (unpaired) electrons. The van der Waals surface area contributed by atoms with Crippen LogP contribution in [0.5, 0.6) is 5.75 Å². The van der Waals surface area contributed by atoms with E-state index in [0.717, 1.165) is 16.9 Å². The molecule has 0 amide bonds. The van der Waals surface area contributed by atoms with Crippen LogP contribution in [0.15, 0.2) is 48.5 Å². The van der Waals surface area contributed by atoms with Crippen LogP contribution in [0, 0.1) is 0 Å². The van der Waals surface area contributed by atoms with Gasteiger partial charge in [-0.15, -0.1) is 0 Å². The second kappa shape index (κ2) is 3.76. The molecular formula is C14H11ClO2. The maximum atomic E-state index is 10.7. The van der Waals surface area contributed by atoms with Crippen LogP contribution in [0.2, 0.25) is 5.02 Å². The van der Waals surface area contributed by atoms with Gasteiger partial charge in [-0.05, 0) is 23.8 Å². The molecule has 0 saturated carbocycles. The van der Waals surface area contributed by atoms with Crippen molar-refractivity contribution in [1.29, 1.82) is 0 Å². The molecule has 2 aromatic rings. The van der Waals surface area contributed by atoms with Crippen LogP contribution in [0.25, 0.3) is 0 Å². The molecule has 1 atom stereocenters. The van der Waals surface area contributed by atoms with Crippen molar-refractivity contribution in [1.82, 2.24) is 0 Å². The first kappa shape index (κ1) is 10.6. The summed E-state index contributed by atoms with van der Waals surface area (Å²) in [6, 6.07) is 14.7. The largest absolute Gasteiger partial charge is 0.489 e. The molecule has 3 heteroatoms. The molecule has 0 saturated heterocycles. The first-order valence-corrected chi connectivity index (χ1v) is 5.79. The molecule has 3 rings (SSSR count). The van der Waals surface area contributed by atoms with Gasteiger partial charge in [0.05, 0.1) is 0 Å². The van der Waals surface area contributed by atoms with E-state index in [9.17, 15) is 5.11 Å². The molecular weight excluding hydrogens is 236 g/mol. The maximum absolute atomic E-state index is 10.7. The van der Waals surface area contributed by atoms with Crippen molar-refractivity contribution in [2.75, 3.05) is 6.61 Å². The molecule has 1 aliphatic rings. The number of halogens is 1. The predicted octanol–water partition coefficient (Wildman–Crippen LogP) is 2.97. The Bertz CT molecular complexity index is 550. The topological polar surface area (TPSA) is 29.5 Å². The van der Waals surface area contributed by atoms with Crippen molar-refractivity contribution >= 4 is 11.6 Å². The molecule has 0 bridgehead atoms. The van der Waals surface area contributed by atoms with E-state index in [1.807, 2.05) is 36.4 Å². The minimum Gasteiger partial charge on any atom is -0.489 e. The Kier molecular flexibility index (Phi) is 2.35. The van der Waals surface area contributed by atoms with Crippen molar-refractivity contribution in [3.05, 3.63) is 64.7 Å². The molecule has 0 unspecified atom stereocenters. The van der Waals surface area contributed by atoms with E-state index in [-0.39, 0.29) is 6.61 Å². The first-order valence-electron chi connectivity index (χ1n) is 5.41. The summed E-state index contributed by atoms with van der Waals surface area (Å²) in [5, 5.41) is 11.4. The zero-order valence-corrected chi connectivity index (χ0v) is 9.82. The van der Waals surface area contributed by atoms with Gasteiger partial charge in [-0.2, -0.15) is 0 Å². The van der Waals surface area contributed by atoms with Crippen molar-refractivity contribution in [3.63, 3.8) is 0 Å². The summed E-state index contributed by atoms with van der Waals surface area (Å²) in [6.07, 6.45) is 0. The van der Waals surface area contributed by atoms with Gasteiger partial charge in [-0.1, -0.05) is 41.9 Å². The zero-order valence-electron chi connectivity index (χ0n) is 9.06.